The van der Waals surface area contributed by atoms with Crippen LogP contribution in [-0.4, -0.2) is 54.9 Å². The van der Waals surface area contributed by atoms with E-state index in [1.807, 2.05) is 0 Å². The van der Waals surface area contributed by atoms with Crippen molar-refractivity contribution in [3.8, 4) is 0 Å². The molecule has 0 spiro atoms. The van der Waals surface area contributed by atoms with Gasteiger partial charge in [0.15, 0.2) is 0 Å². The molecule has 0 aliphatic heterocycles. The molecule has 0 unspecified atom stereocenters. The van der Waals surface area contributed by atoms with E-state index in [2.05, 4.69) is 10.6 Å². The molecule has 0 fully saturated rings. The predicted octanol–water partition coefficient (Wildman–Crippen LogP) is 0.258. The molecule has 0 saturated heterocycles. The number of nitrogens with one attached hydrogen (secondary N) is 2. The second-order valence-corrected chi connectivity index (χ2v) is 4.13. The van der Waals surface area contributed by atoms with E-state index in [0.29, 0.717) is 13.2 Å². The van der Waals surface area contributed by atoms with Gasteiger partial charge in [0.2, 0.25) is 5.91 Å². The van der Waals surface area contributed by atoms with Gasteiger partial charge in [-0.05, 0) is 18.2 Å². The Labute approximate surface area is 120 Å². The highest BCUT2D eigenvalue weighted by Crippen LogP contribution is 2.15. The zero-order valence-corrected chi connectivity index (χ0v) is 11.4. The third-order valence-corrected chi connectivity index (χ3v) is 2.48. The SMILES string of the molecule is COCCNCC(=O)Nc1cc(C(=O)O)cc(C(=O)O)c1. The minimum Gasteiger partial charge on any atom is -0.478 e. The van der Waals surface area contributed by atoms with Crippen LogP contribution in [0.15, 0.2) is 18.2 Å². The summed E-state index contributed by atoms with van der Waals surface area (Å²) in [4.78, 5) is 33.5. The molecule has 8 heteroatoms. The lowest BCUT2D eigenvalue weighted by atomic mass is 10.1. The van der Waals surface area contributed by atoms with Crippen LogP contribution in [0.5, 0.6) is 0 Å². The average Bonchev–Trinajstić information content (AvgIpc) is 2.43. The highest BCUT2D eigenvalue weighted by atomic mass is 16.5. The van der Waals surface area contributed by atoms with Crippen LogP contribution in [0, 0.1) is 0 Å². The van der Waals surface area contributed by atoms with Crippen LogP contribution >= 0.6 is 0 Å². The second-order valence-electron chi connectivity index (χ2n) is 4.13. The van der Waals surface area contributed by atoms with Crippen molar-refractivity contribution in [1.29, 1.82) is 0 Å². The molecule has 4 N–H and O–H groups in total. The number of anilines is 1. The van der Waals surface area contributed by atoms with Crippen molar-refractivity contribution in [3.63, 3.8) is 0 Å². The number of rotatable bonds is 8. The summed E-state index contributed by atoms with van der Waals surface area (Å²) >= 11 is 0. The van der Waals surface area contributed by atoms with Gasteiger partial charge in [-0.15, -0.1) is 0 Å². The lowest BCUT2D eigenvalue weighted by Crippen LogP contribution is -2.30. The number of carboxylic acids is 2. The molecule has 1 rings (SSSR count). The number of benzene rings is 1. The first-order chi connectivity index (χ1) is 9.93. The lowest BCUT2D eigenvalue weighted by Gasteiger charge is -2.08. The number of amides is 1. The van der Waals surface area contributed by atoms with Gasteiger partial charge in [-0.25, -0.2) is 9.59 Å². The summed E-state index contributed by atoms with van der Waals surface area (Å²) in [5, 5.41) is 23.1. The fraction of sp³-hybridized carbons (Fsp3) is 0.308. The van der Waals surface area contributed by atoms with Gasteiger partial charge in [0.25, 0.3) is 0 Å². The molecule has 8 nitrogen and oxygen atoms in total. The lowest BCUT2D eigenvalue weighted by molar-refractivity contribution is -0.115. The van der Waals surface area contributed by atoms with Gasteiger partial charge < -0.3 is 25.6 Å². The van der Waals surface area contributed by atoms with Gasteiger partial charge in [-0.2, -0.15) is 0 Å². The number of carboxylic acid groups (broad SMARTS) is 2. The monoisotopic (exact) mass is 296 g/mol. The zero-order valence-electron chi connectivity index (χ0n) is 11.4. The number of hydrogen-bond acceptors (Lipinski definition) is 5. The van der Waals surface area contributed by atoms with Crippen molar-refractivity contribution < 1.29 is 29.3 Å². The maximum atomic E-state index is 11.6. The molecule has 0 saturated carbocycles. The first kappa shape index (κ1) is 16.6. The Morgan fingerprint density at radius 2 is 1.67 bits per heavy atom. The van der Waals surface area contributed by atoms with Gasteiger partial charge in [-0.1, -0.05) is 0 Å². The van der Waals surface area contributed by atoms with Crippen molar-refractivity contribution in [3.05, 3.63) is 29.3 Å². The standard InChI is InChI=1S/C13H16N2O6/c1-21-3-2-14-7-11(16)15-10-5-8(12(17)18)4-9(6-10)13(19)20/h4-6,14H,2-3,7H2,1H3,(H,15,16)(H,17,18)(H,19,20). The maximum absolute atomic E-state index is 11.6. The Kier molecular flexibility index (Phi) is 6.31. The van der Waals surface area contributed by atoms with Gasteiger partial charge in [0.1, 0.15) is 0 Å². The van der Waals surface area contributed by atoms with Crippen molar-refractivity contribution in [2.75, 3.05) is 32.1 Å². The summed E-state index contributed by atoms with van der Waals surface area (Å²) in [6.07, 6.45) is 0. The minimum atomic E-state index is -1.27. The number of carbonyl (C=O) groups is 3. The van der Waals surface area contributed by atoms with Crippen LogP contribution in [0.1, 0.15) is 20.7 Å². The summed E-state index contributed by atoms with van der Waals surface area (Å²) in [6.45, 7) is 0.938. The molecule has 0 aliphatic carbocycles. The summed E-state index contributed by atoms with van der Waals surface area (Å²) in [6, 6.07) is 3.42. The molecule has 0 bridgehead atoms. The van der Waals surface area contributed by atoms with Gasteiger partial charge >= 0.3 is 11.9 Å². The molecule has 0 radical (unpaired) electrons. The molecule has 0 heterocycles. The van der Waals surface area contributed by atoms with E-state index in [4.69, 9.17) is 14.9 Å². The first-order valence-corrected chi connectivity index (χ1v) is 6.05. The largest absolute Gasteiger partial charge is 0.478 e. The van der Waals surface area contributed by atoms with Crippen LogP contribution in [0.3, 0.4) is 0 Å². The molecule has 1 amide bonds. The van der Waals surface area contributed by atoms with Crippen molar-refractivity contribution in [2.45, 2.75) is 0 Å². The Hall–Kier alpha value is -2.45. The number of methoxy groups -OCH3 is 1. The van der Waals surface area contributed by atoms with Crippen molar-refractivity contribution in [1.82, 2.24) is 5.32 Å². The van der Waals surface area contributed by atoms with Crippen LogP contribution in [0.25, 0.3) is 0 Å². The first-order valence-electron chi connectivity index (χ1n) is 6.05. The van der Waals surface area contributed by atoms with E-state index in [0.717, 1.165) is 6.07 Å². The fourth-order valence-electron chi connectivity index (χ4n) is 1.53. The molecule has 0 atom stereocenters. The second kappa shape index (κ2) is 7.98. The zero-order chi connectivity index (χ0) is 15.8. The summed E-state index contributed by atoms with van der Waals surface area (Å²) < 4.78 is 4.80. The average molecular weight is 296 g/mol. The molecule has 21 heavy (non-hydrogen) atoms. The molecule has 1 aromatic rings. The van der Waals surface area contributed by atoms with E-state index in [9.17, 15) is 14.4 Å². The van der Waals surface area contributed by atoms with Crippen LogP contribution in [0.4, 0.5) is 5.69 Å². The number of aromatic carboxylic acids is 2. The third-order valence-electron chi connectivity index (χ3n) is 2.48. The van der Waals surface area contributed by atoms with Crippen molar-refractivity contribution in [2.24, 2.45) is 0 Å². The van der Waals surface area contributed by atoms with Crippen LogP contribution < -0.4 is 10.6 Å². The topological polar surface area (TPSA) is 125 Å². The highest BCUT2D eigenvalue weighted by molar-refractivity contribution is 5.98. The van der Waals surface area contributed by atoms with Gasteiger partial charge in [-0.3, -0.25) is 4.79 Å². The molecule has 1 aromatic carbocycles. The summed E-state index contributed by atoms with van der Waals surface area (Å²) in [5.74, 6) is -2.95. The quantitative estimate of drug-likeness (QED) is 0.507. The molecule has 114 valence electrons. The van der Waals surface area contributed by atoms with Crippen molar-refractivity contribution >= 4 is 23.5 Å². The fourth-order valence-corrected chi connectivity index (χ4v) is 1.53. The Balaban J connectivity index is 2.75. The van der Waals surface area contributed by atoms with E-state index >= 15 is 0 Å². The number of hydrogen-bond donors (Lipinski definition) is 4. The van der Waals surface area contributed by atoms with Gasteiger partial charge in [0, 0.05) is 19.3 Å². The number of carbonyl (C=O) groups excluding carboxylic acids is 1. The van der Waals surface area contributed by atoms with E-state index < -0.39 is 17.8 Å². The summed E-state index contributed by atoms with van der Waals surface area (Å²) in [5.41, 5.74) is -0.305. The Bertz CT molecular complexity index is 511. The van der Waals surface area contributed by atoms with Gasteiger partial charge in [0.05, 0.1) is 24.3 Å². The van der Waals surface area contributed by atoms with Crippen LogP contribution in [0.2, 0.25) is 0 Å². The molecule has 0 aliphatic rings. The molecule has 0 aromatic heterocycles. The van der Waals surface area contributed by atoms with E-state index in [1.54, 1.807) is 0 Å². The molecular formula is C13H16N2O6. The highest BCUT2D eigenvalue weighted by Gasteiger charge is 2.12. The van der Waals surface area contributed by atoms with E-state index in [-0.39, 0.29) is 23.4 Å². The number of ether oxygens (including phenoxy) is 1. The molecular weight excluding hydrogens is 280 g/mol. The summed E-state index contributed by atoms with van der Waals surface area (Å²) in [7, 11) is 1.53. The maximum Gasteiger partial charge on any atom is 0.335 e. The normalized spacial score (nSPS) is 10.1. The third kappa shape index (κ3) is 5.59. The van der Waals surface area contributed by atoms with Crippen LogP contribution in [-0.2, 0) is 9.53 Å². The Morgan fingerprint density at radius 3 is 2.14 bits per heavy atom. The Morgan fingerprint density at radius 1 is 1.10 bits per heavy atom. The van der Waals surface area contributed by atoms with E-state index in [1.165, 1.54) is 19.2 Å². The smallest absolute Gasteiger partial charge is 0.335 e. The minimum absolute atomic E-state index is 0.00304. The predicted molar refractivity (Wildman–Crippen MR) is 73.7 cm³/mol.